The van der Waals surface area contributed by atoms with Crippen molar-refractivity contribution in [3.05, 3.63) is 138 Å². The van der Waals surface area contributed by atoms with Crippen LogP contribution in [0.5, 0.6) is 0 Å². The molecule has 0 fully saturated rings. The first-order valence-corrected chi connectivity index (χ1v) is 15.9. The van der Waals surface area contributed by atoms with Gasteiger partial charge >= 0.3 is 0 Å². The van der Waals surface area contributed by atoms with Crippen molar-refractivity contribution in [1.82, 2.24) is 9.97 Å². The van der Waals surface area contributed by atoms with Gasteiger partial charge in [-0.1, -0.05) is 74.2 Å². The predicted molar refractivity (Wildman–Crippen MR) is 154 cm³/mol. The van der Waals surface area contributed by atoms with Crippen molar-refractivity contribution >= 4 is 13.3 Å². The molecular weight excluding hydrogens is 678 g/mol. The Morgan fingerprint density at radius 2 is 1.54 bits per heavy atom. The van der Waals surface area contributed by atoms with Crippen LogP contribution >= 0.6 is 0 Å². The normalized spacial score (nSPS) is 10.4. The van der Waals surface area contributed by atoms with Crippen molar-refractivity contribution in [3.8, 4) is 28.6 Å². The van der Waals surface area contributed by atoms with Crippen molar-refractivity contribution in [2.45, 2.75) is 26.1 Å². The number of halogens is 1. The molecule has 0 aliphatic carbocycles. The van der Waals surface area contributed by atoms with Crippen LogP contribution in [0.25, 0.3) is 22.5 Å². The summed E-state index contributed by atoms with van der Waals surface area (Å²) >= 11 is 0. The molecule has 0 spiro atoms. The summed E-state index contributed by atoms with van der Waals surface area (Å²) in [6, 6.07) is 36.5. The summed E-state index contributed by atoms with van der Waals surface area (Å²) in [6.45, 7) is 6.86. The van der Waals surface area contributed by atoms with Gasteiger partial charge in [-0.15, -0.1) is 59.2 Å². The molecule has 0 saturated heterocycles. The topological polar surface area (TPSA) is 49.6 Å². The molecule has 2 aromatic heterocycles. The van der Waals surface area contributed by atoms with Crippen LogP contribution in [0, 0.1) is 29.3 Å². The van der Waals surface area contributed by atoms with Gasteiger partial charge in [-0.25, -0.2) is 5.26 Å². The van der Waals surface area contributed by atoms with Crippen LogP contribution in [0.4, 0.5) is 4.39 Å². The Bertz CT molecular complexity index is 1510. The van der Waals surface area contributed by atoms with Crippen LogP contribution in [0.2, 0.25) is 19.6 Å². The molecule has 3 nitrogen and oxygen atoms in total. The summed E-state index contributed by atoms with van der Waals surface area (Å²) in [5, 5.41) is 10.6. The molecule has 2 heterocycles. The number of nitrogens with zero attached hydrogens (tertiary/aromatic N) is 3. The molecule has 1 radical (unpaired) electrons. The number of rotatable bonds is 5. The van der Waals surface area contributed by atoms with Gasteiger partial charge < -0.3 is 9.97 Å². The van der Waals surface area contributed by atoms with Crippen LogP contribution in [-0.4, -0.2) is 18.0 Å². The van der Waals surface area contributed by atoms with E-state index in [9.17, 15) is 9.65 Å². The molecule has 0 atom stereocenters. The number of aromatic nitrogens is 2. The fourth-order valence-corrected chi connectivity index (χ4v) is 4.87. The van der Waals surface area contributed by atoms with E-state index in [-0.39, 0.29) is 25.9 Å². The monoisotopic (exact) mass is 706 g/mol. The third-order valence-corrected chi connectivity index (χ3v) is 8.04. The number of nitriles is 1. The van der Waals surface area contributed by atoms with Gasteiger partial charge in [0.1, 0.15) is 0 Å². The Morgan fingerprint density at radius 1 is 0.821 bits per heavy atom. The molecule has 39 heavy (non-hydrogen) atoms. The van der Waals surface area contributed by atoms with Gasteiger partial charge in [0.25, 0.3) is 0 Å². The van der Waals surface area contributed by atoms with E-state index in [2.05, 4.69) is 66.0 Å². The van der Waals surface area contributed by atoms with E-state index in [0.29, 0.717) is 5.56 Å². The standard InChI is InChI=1S/C19H13N2.C14H15FNSi.Ir/c20-14-17-10-9-16(19-8-4-5-11-21-19)13-18(17)12-15-6-2-1-3-7-15;1-17(2,3)13-8-9-14(16-10-13)11-4-6-12(15)7-5-11;/h1-8,10-11,13H,12H2;4,6-10H,1-3H3;/q2*-1;. The molecule has 0 aliphatic rings. The molecule has 0 aliphatic heterocycles. The van der Waals surface area contributed by atoms with Crippen LogP contribution in [0.1, 0.15) is 16.7 Å². The second-order valence-corrected chi connectivity index (χ2v) is 15.0. The predicted octanol–water partition coefficient (Wildman–Crippen LogP) is 7.24. The van der Waals surface area contributed by atoms with Gasteiger partial charge in [0.15, 0.2) is 0 Å². The first-order chi connectivity index (χ1) is 18.3. The maximum atomic E-state index is 12.8. The summed E-state index contributed by atoms with van der Waals surface area (Å²) in [6.07, 6.45) is 4.43. The summed E-state index contributed by atoms with van der Waals surface area (Å²) in [5.74, 6) is -0.271. The minimum Gasteiger partial charge on any atom is -0.305 e. The average molecular weight is 706 g/mol. The molecule has 0 amide bonds. The van der Waals surface area contributed by atoms with E-state index in [1.807, 2.05) is 54.7 Å². The third kappa shape index (κ3) is 8.36. The van der Waals surface area contributed by atoms with E-state index in [1.54, 1.807) is 18.3 Å². The van der Waals surface area contributed by atoms with Crippen LogP contribution in [0.15, 0.2) is 103 Å². The summed E-state index contributed by atoms with van der Waals surface area (Å²) in [5.41, 5.74) is 6.31. The Kier molecular flexibility index (Phi) is 10.6. The molecule has 5 rings (SSSR count). The van der Waals surface area contributed by atoms with Gasteiger partial charge in [-0.05, 0) is 40.2 Å². The summed E-state index contributed by atoms with van der Waals surface area (Å²) in [4.78, 5) is 8.76. The maximum absolute atomic E-state index is 12.8. The number of benzene rings is 3. The van der Waals surface area contributed by atoms with Crippen molar-refractivity contribution in [2.75, 3.05) is 0 Å². The zero-order chi connectivity index (χ0) is 27.0. The molecule has 0 saturated carbocycles. The smallest absolute Gasteiger partial charge is 0.0795 e. The molecule has 0 bridgehead atoms. The van der Waals surface area contributed by atoms with Crippen molar-refractivity contribution < 1.29 is 24.5 Å². The second-order valence-electron chi connectivity index (χ2n) is 9.88. The van der Waals surface area contributed by atoms with E-state index < -0.39 is 8.07 Å². The number of hydrogen-bond acceptors (Lipinski definition) is 3. The molecule has 5 aromatic rings. The zero-order valence-electron chi connectivity index (χ0n) is 22.1. The minimum absolute atomic E-state index is 0. The second kappa shape index (κ2) is 13.9. The summed E-state index contributed by atoms with van der Waals surface area (Å²) in [7, 11) is -1.30. The molecule has 197 valence electrons. The Morgan fingerprint density at radius 3 is 2.13 bits per heavy atom. The van der Waals surface area contributed by atoms with E-state index in [1.165, 1.54) is 22.9 Å². The van der Waals surface area contributed by atoms with Crippen molar-refractivity contribution in [3.63, 3.8) is 0 Å². The fourth-order valence-electron chi connectivity index (χ4n) is 3.83. The zero-order valence-corrected chi connectivity index (χ0v) is 25.5. The SMILES string of the molecule is C[Si](C)(C)c1ccc(-c2[c-]cc(F)cc2)nc1.N#Cc1c[c-]c(-c2ccccn2)cc1Cc1ccccc1.[Ir]. The molecular formula is C33H28FIrN3Si-2. The van der Waals surface area contributed by atoms with Gasteiger partial charge in [0.05, 0.1) is 8.07 Å². The molecule has 3 aromatic carbocycles. The number of hydrogen-bond donors (Lipinski definition) is 0. The van der Waals surface area contributed by atoms with E-state index in [4.69, 9.17) is 0 Å². The van der Waals surface area contributed by atoms with Crippen molar-refractivity contribution in [1.29, 1.82) is 5.26 Å². The van der Waals surface area contributed by atoms with E-state index >= 15 is 0 Å². The first kappa shape index (κ1) is 29.8. The Hall–Kier alpha value is -3.75. The van der Waals surface area contributed by atoms with Gasteiger partial charge in [0, 0.05) is 44.4 Å². The molecule has 0 N–H and O–H groups in total. The summed E-state index contributed by atoms with van der Waals surface area (Å²) < 4.78 is 12.8. The Balaban J connectivity index is 0.000000215. The van der Waals surface area contributed by atoms with Crippen molar-refractivity contribution in [2.24, 2.45) is 0 Å². The van der Waals surface area contributed by atoms with E-state index in [0.717, 1.165) is 34.5 Å². The van der Waals surface area contributed by atoms with Gasteiger partial charge in [-0.2, -0.15) is 0 Å². The third-order valence-electron chi connectivity index (χ3n) is 6.02. The van der Waals surface area contributed by atoms with Gasteiger partial charge in [-0.3, -0.25) is 4.39 Å². The number of pyridine rings is 2. The Labute approximate surface area is 244 Å². The largest absolute Gasteiger partial charge is 0.305 e. The van der Waals surface area contributed by atoms with Crippen LogP contribution in [-0.2, 0) is 26.5 Å². The van der Waals surface area contributed by atoms with Crippen LogP contribution in [0.3, 0.4) is 0 Å². The first-order valence-electron chi connectivity index (χ1n) is 12.4. The molecule has 0 unspecified atom stereocenters. The molecule has 6 heteroatoms. The minimum atomic E-state index is -1.30. The van der Waals surface area contributed by atoms with Gasteiger partial charge in [0.2, 0.25) is 0 Å². The average Bonchev–Trinajstić information content (AvgIpc) is 2.94. The maximum Gasteiger partial charge on any atom is 0.0795 e. The quantitative estimate of drug-likeness (QED) is 0.143. The van der Waals surface area contributed by atoms with Crippen LogP contribution < -0.4 is 5.19 Å². The fraction of sp³-hybridized carbons (Fsp3) is 0.121.